The molecule has 30 heavy (non-hydrogen) atoms. The highest BCUT2D eigenvalue weighted by molar-refractivity contribution is 8.02. The Morgan fingerprint density at radius 2 is 1.60 bits per heavy atom. The minimum atomic E-state index is -1.26. The third kappa shape index (κ3) is 4.81. The van der Waals surface area contributed by atoms with Crippen LogP contribution in [0.3, 0.4) is 0 Å². The van der Waals surface area contributed by atoms with Gasteiger partial charge in [-0.15, -0.1) is 11.8 Å². The first-order chi connectivity index (χ1) is 13.9. The van der Waals surface area contributed by atoms with E-state index in [1.54, 1.807) is 4.90 Å². The van der Waals surface area contributed by atoms with Gasteiger partial charge in [-0.25, -0.2) is 4.79 Å². The lowest BCUT2D eigenvalue weighted by Gasteiger charge is -2.35. The minimum Gasteiger partial charge on any atom is -0.444 e. The molecule has 1 aliphatic heterocycles. The molecule has 1 N–H and O–H groups in total. The van der Waals surface area contributed by atoms with E-state index in [9.17, 15) is 9.59 Å². The zero-order chi connectivity index (χ0) is 22.2. The summed E-state index contributed by atoms with van der Waals surface area (Å²) in [5, 5.41) is 2.94. The Morgan fingerprint density at radius 3 is 2.20 bits per heavy atom. The van der Waals surface area contributed by atoms with E-state index in [-0.39, 0.29) is 10.7 Å². The molecule has 160 valence electrons. The van der Waals surface area contributed by atoms with E-state index in [0.29, 0.717) is 6.54 Å². The summed E-state index contributed by atoms with van der Waals surface area (Å²) in [7, 11) is 0. The van der Waals surface area contributed by atoms with Crippen molar-refractivity contribution in [3.63, 3.8) is 0 Å². The summed E-state index contributed by atoms with van der Waals surface area (Å²) in [6, 6.07) is 17.5. The molecular formula is C24H30N2O3S. The number of anilines is 1. The van der Waals surface area contributed by atoms with Crippen LogP contribution in [0.25, 0.3) is 0 Å². The van der Waals surface area contributed by atoms with Crippen LogP contribution >= 0.6 is 11.8 Å². The number of hydrogen-bond acceptors (Lipinski definition) is 4. The first-order valence-corrected chi connectivity index (χ1v) is 10.9. The molecule has 3 rings (SSSR count). The number of carbonyl (C=O) groups is 2. The first kappa shape index (κ1) is 22.2. The SMILES string of the molecule is CC(C)(C)OC(=O)N[C@]1(SC(C)(C)C)C(=O)N(Cc2ccccc2)c2ccccc21. The molecule has 0 spiro atoms. The van der Waals surface area contributed by atoms with Gasteiger partial charge in [-0.1, -0.05) is 69.3 Å². The van der Waals surface area contributed by atoms with Crippen LogP contribution in [-0.4, -0.2) is 22.3 Å². The van der Waals surface area contributed by atoms with E-state index < -0.39 is 16.6 Å². The molecule has 2 amide bonds. The number of thioether (sulfide) groups is 1. The number of para-hydroxylation sites is 1. The van der Waals surface area contributed by atoms with E-state index >= 15 is 0 Å². The summed E-state index contributed by atoms with van der Waals surface area (Å²) in [5.41, 5.74) is 1.94. The first-order valence-electron chi connectivity index (χ1n) is 10.1. The highest BCUT2D eigenvalue weighted by Gasteiger charge is 2.55. The highest BCUT2D eigenvalue weighted by atomic mass is 32.2. The van der Waals surface area contributed by atoms with Crippen LogP contribution in [0.5, 0.6) is 0 Å². The lowest BCUT2D eigenvalue weighted by Crippen LogP contribution is -2.53. The van der Waals surface area contributed by atoms with Crippen molar-refractivity contribution >= 4 is 29.4 Å². The van der Waals surface area contributed by atoms with Crippen molar-refractivity contribution in [3.05, 3.63) is 65.7 Å². The third-order valence-electron chi connectivity index (χ3n) is 4.44. The van der Waals surface area contributed by atoms with Crippen molar-refractivity contribution in [1.82, 2.24) is 5.32 Å². The van der Waals surface area contributed by atoms with Crippen molar-refractivity contribution in [2.24, 2.45) is 0 Å². The Labute approximate surface area is 183 Å². The molecule has 1 heterocycles. The average Bonchev–Trinajstić information content (AvgIpc) is 2.82. The summed E-state index contributed by atoms with van der Waals surface area (Å²) in [5.74, 6) is -0.168. The van der Waals surface area contributed by atoms with E-state index in [1.807, 2.05) is 96.1 Å². The fourth-order valence-corrected chi connectivity index (χ4v) is 5.03. The van der Waals surface area contributed by atoms with Gasteiger partial charge < -0.3 is 9.64 Å². The number of hydrogen-bond donors (Lipinski definition) is 1. The third-order valence-corrected chi connectivity index (χ3v) is 5.86. The summed E-state index contributed by atoms with van der Waals surface area (Å²) >= 11 is 1.43. The maximum absolute atomic E-state index is 13.9. The van der Waals surface area contributed by atoms with Gasteiger partial charge in [0.15, 0.2) is 4.87 Å². The van der Waals surface area contributed by atoms with Gasteiger partial charge in [-0.2, -0.15) is 0 Å². The predicted octanol–water partition coefficient (Wildman–Crippen LogP) is 5.44. The van der Waals surface area contributed by atoms with Crippen LogP contribution in [-0.2, 0) is 20.9 Å². The van der Waals surface area contributed by atoms with Crippen LogP contribution in [0.4, 0.5) is 10.5 Å². The van der Waals surface area contributed by atoms with Crippen molar-refractivity contribution in [2.45, 2.75) is 63.3 Å². The van der Waals surface area contributed by atoms with Gasteiger partial charge in [0, 0.05) is 10.3 Å². The number of fused-ring (bicyclic) bond motifs is 1. The molecule has 5 nitrogen and oxygen atoms in total. The van der Waals surface area contributed by atoms with Crippen LogP contribution in [0.2, 0.25) is 0 Å². The Hall–Kier alpha value is -2.47. The zero-order valence-corrected chi connectivity index (χ0v) is 19.3. The van der Waals surface area contributed by atoms with Gasteiger partial charge >= 0.3 is 6.09 Å². The van der Waals surface area contributed by atoms with Crippen LogP contribution in [0.1, 0.15) is 52.7 Å². The molecule has 0 fully saturated rings. The fraction of sp³-hybridized carbons (Fsp3) is 0.417. The summed E-state index contributed by atoms with van der Waals surface area (Å²) in [6.07, 6.45) is -0.607. The number of carbonyl (C=O) groups excluding carboxylic acids is 2. The van der Waals surface area contributed by atoms with Crippen molar-refractivity contribution in [3.8, 4) is 0 Å². The molecule has 0 saturated carbocycles. The molecule has 0 radical (unpaired) electrons. The van der Waals surface area contributed by atoms with E-state index in [1.165, 1.54) is 11.8 Å². The molecule has 6 heteroatoms. The maximum atomic E-state index is 13.9. The molecule has 2 aromatic rings. The van der Waals surface area contributed by atoms with Gasteiger partial charge in [0.1, 0.15) is 5.60 Å². The predicted molar refractivity (Wildman–Crippen MR) is 122 cm³/mol. The van der Waals surface area contributed by atoms with Gasteiger partial charge in [0.2, 0.25) is 0 Å². The molecule has 1 aliphatic rings. The second kappa shape index (κ2) is 7.99. The minimum absolute atomic E-state index is 0.168. The average molecular weight is 427 g/mol. The molecule has 0 aliphatic carbocycles. The maximum Gasteiger partial charge on any atom is 0.409 e. The Bertz CT molecular complexity index is 931. The number of amides is 2. The van der Waals surface area contributed by atoms with Gasteiger partial charge in [-0.3, -0.25) is 10.1 Å². The molecule has 0 saturated heterocycles. The monoisotopic (exact) mass is 426 g/mol. The Balaban J connectivity index is 2.06. The zero-order valence-electron chi connectivity index (χ0n) is 18.5. The summed E-state index contributed by atoms with van der Waals surface area (Å²) < 4.78 is 5.23. The second-order valence-electron chi connectivity index (χ2n) is 9.42. The lowest BCUT2D eigenvalue weighted by molar-refractivity contribution is -0.121. The fourth-order valence-electron chi connectivity index (χ4n) is 3.50. The number of nitrogens with one attached hydrogen (secondary N) is 1. The molecular weight excluding hydrogens is 396 g/mol. The van der Waals surface area contributed by atoms with Gasteiger partial charge in [-0.05, 0) is 32.4 Å². The highest BCUT2D eigenvalue weighted by Crippen LogP contribution is 2.51. The number of ether oxygens (including phenoxy) is 1. The Morgan fingerprint density at radius 1 is 1.00 bits per heavy atom. The second-order valence-corrected chi connectivity index (χ2v) is 11.5. The number of benzene rings is 2. The number of alkyl carbamates (subject to hydrolysis) is 1. The van der Waals surface area contributed by atoms with Crippen LogP contribution < -0.4 is 10.2 Å². The summed E-state index contributed by atoms with van der Waals surface area (Å²) in [6.45, 7) is 12.0. The Kier molecular flexibility index (Phi) is 5.92. The number of rotatable bonds is 4. The van der Waals surface area contributed by atoms with E-state index in [0.717, 1.165) is 16.8 Å². The standard InChI is InChI=1S/C24H30N2O3S/c1-22(2,3)29-21(28)25-24(30-23(4,5)6)18-14-10-11-15-19(18)26(20(24)27)16-17-12-8-7-9-13-17/h7-15H,16H2,1-6H3,(H,25,28)/t24-/m1/s1. The lowest BCUT2D eigenvalue weighted by atomic mass is 10.1. The molecule has 0 aromatic heterocycles. The van der Waals surface area contributed by atoms with Crippen molar-refractivity contribution in [1.29, 1.82) is 0 Å². The van der Waals surface area contributed by atoms with Crippen molar-refractivity contribution < 1.29 is 14.3 Å². The molecule has 0 unspecified atom stereocenters. The van der Waals surface area contributed by atoms with E-state index in [4.69, 9.17) is 4.74 Å². The van der Waals surface area contributed by atoms with E-state index in [2.05, 4.69) is 5.32 Å². The largest absolute Gasteiger partial charge is 0.444 e. The normalized spacial score (nSPS) is 18.9. The van der Waals surface area contributed by atoms with Gasteiger partial charge in [0.25, 0.3) is 5.91 Å². The van der Waals surface area contributed by atoms with Crippen LogP contribution in [0, 0.1) is 0 Å². The number of nitrogens with zero attached hydrogens (tertiary/aromatic N) is 1. The smallest absolute Gasteiger partial charge is 0.409 e. The topological polar surface area (TPSA) is 58.6 Å². The molecule has 0 bridgehead atoms. The molecule has 1 atom stereocenters. The molecule has 2 aromatic carbocycles. The van der Waals surface area contributed by atoms with Crippen molar-refractivity contribution in [2.75, 3.05) is 4.90 Å². The van der Waals surface area contributed by atoms with Crippen LogP contribution in [0.15, 0.2) is 54.6 Å². The quantitative estimate of drug-likeness (QED) is 0.661. The van der Waals surface area contributed by atoms with Gasteiger partial charge in [0.05, 0.1) is 12.2 Å². The summed E-state index contributed by atoms with van der Waals surface area (Å²) in [4.78, 5) is 27.2.